The van der Waals surface area contributed by atoms with E-state index in [1.807, 2.05) is 0 Å². The van der Waals surface area contributed by atoms with Gasteiger partial charge in [0.15, 0.2) is 21.6 Å². The predicted octanol–water partition coefficient (Wildman–Crippen LogP) is 0.124. The average molecular weight is 407 g/mol. The maximum Gasteiger partial charge on any atom is 0.360 e. The Bertz CT molecular complexity index is 1110. The number of sulfone groups is 1. The van der Waals surface area contributed by atoms with Crippen LogP contribution >= 0.6 is 0 Å². The second-order valence-electron chi connectivity index (χ2n) is 6.88. The van der Waals surface area contributed by atoms with Gasteiger partial charge in [-0.15, -0.1) is 0 Å². The molecule has 1 aliphatic rings. The van der Waals surface area contributed by atoms with Crippen LogP contribution in [0.15, 0.2) is 29.1 Å². The summed E-state index contributed by atoms with van der Waals surface area (Å²) < 4.78 is 29.6. The van der Waals surface area contributed by atoms with Crippen LogP contribution in [-0.4, -0.2) is 65.7 Å². The highest BCUT2D eigenvalue weighted by molar-refractivity contribution is 7.91. The van der Waals surface area contributed by atoms with Crippen LogP contribution in [0.1, 0.15) is 23.8 Å². The third kappa shape index (κ3) is 3.77. The van der Waals surface area contributed by atoms with Crippen molar-refractivity contribution in [2.75, 3.05) is 18.6 Å². The summed E-state index contributed by atoms with van der Waals surface area (Å²) in [4.78, 5) is 38.7. The zero-order valence-electron chi connectivity index (χ0n) is 15.8. The lowest BCUT2D eigenvalue weighted by molar-refractivity contribution is -0.140. The highest BCUT2D eigenvalue weighted by Gasteiger charge is 2.35. The van der Waals surface area contributed by atoms with E-state index in [1.54, 1.807) is 24.3 Å². The Morgan fingerprint density at radius 2 is 1.93 bits per heavy atom. The van der Waals surface area contributed by atoms with E-state index in [1.165, 1.54) is 25.9 Å². The van der Waals surface area contributed by atoms with Gasteiger partial charge >= 0.3 is 5.97 Å². The SMILES string of the molecule is CC(OC(=O)c1nn(C)c(=O)c2ccccc12)C(=O)N(C)C1CCS(=O)(=O)C1. The molecule has 0 saturated carbocycles. The minimum absolute atomic E-state index is 0.0391. The van der Waals surface area contributed by atoms with Crippen molar-refractivity contribution >= 4 is 32.5 Å². The van der Waals surface area contributed by atoms with E-state index in [0.717, 1.165) is 4.68 Å². The molecule has 1 amide bonds. The van der Waals surface area contributed by atoms with Gasteiger partial charge in [0.25, 0.3) is 11.5 Å². The van der Waals surface area contributed by atoms with Crippen LogP contribution in [0.3, 0.4) is 0 Å². The lowest BCUT2D eigenvalue weighted by Crippen LogP contribution is -2.44. The maximum absolute atomic E-state index is 12.6. The molecule has 0 aliphatic carbocycles. The van der Waals surface area contributed by atoms with E-state index in [0.29, 0.717) is 17.2 Å². The van der Waals surface area contributed by atoms with Crippen molar-refractivity contribution in [3.63, 3.8) is 0 Å². The van der Waals surface area contributed by atoms with Crippen molar-refractivity contribution in [3.8, 4) is 0 Å². The van der Waals surface area contributed by atoms with Crippen LogP contribution in [-0.2, 0) is 26.4 Å². The summed E-state index contributed by atoms with van der Waals surface area (Å²) in [6, 6.07) is 6.08. The minimum atomic E-state index is -3.14. The average Bonchev–Trinajstić information content (AvgIpc) is 3.03. The van der Waals surface area contributed by atoms with E-state index in [2.05, 4.69) is 5.10 Å². The van der Waals surface area contributed by atoms with Crippen LogP contribution < -0.4 is 5.56 Å². The zero-order chi connectivity index (χ0) is 20.6. The molecule has 2 heterocycles. The van der Waals surface area contributed by atoms with Crippen LogP contribution in [0.2, 0.25) is 0 Å². The van der Waals surface area contributed by atoms with Gasteiger partial charge in [0.05, 0.1) is 16.9 Å². The highest BCUT2D eigenvalue weighted by Crippen LogP contribution is 2.19. The third-order valence-electron chi connectivity index (χ3n) is 4.89. The molecule has 10 heteroatoms. The normalized spacial score (nSPS) is 19.3. The molecule has 1 aliphatic heterocycles. The van der Waals surface area contributed by atoms with E-state index in [4.69, 9.17) is 4.74 Å². The first-order valence-electron chi connectivity index (χ1n) is 8.75. The van der Waals surface area contributed by atoms with Crippen LogP contribution in [0.4, 0.5) is 0 Å². The van der Waals surface area contributed by atoms with Gasteiger partial charge < -0.3 is 9.64 Å². The molecule has 9 nitrogen and oxygen atoms in total. The number of nitrogens with zero attached hydrogens (tertiary/aromatic N) is 3. The van der Waals surface area contributed by atoms with Gasteiger partial charge in [0.2, 0.25) is 0 Å². The topological polar surface area (TPSA) is 116 Å². The molecule has 1 aromatic heterocycles. The molecule has 1 fully saturated rings. The fourth-order valence-corrected chi connectivity index (χ4v) is 5.04. The van der Waals surface area contributed by atoms with Gasteiger partial charge in [0.1, 0.15) is 0 Å². The molecule has 3 rings (SSSR count). The number of likely N-dealkylation sites (N-methyl/N-ethyl adjacent to an activating group) is 1. The summed E-state index contributed by atoms with van der Waals surface area (Å²) in [5.41, 5.74) is -0.415. The predicted molar refractivity (Wildman–Crippen MR) is 102 cm³/mol. The quantitative estimate of drug-likeness (QED) is 0.661. The number of benzene rings is 1. The van der Waals surface area contributed by atoms with Gasteiger partial charge in [0, 0.05) is 25.5 Å². The molecular weight excluding hydrogens is 386 g/mol. The number of aryl methyl sites for hydroxylation is 1. The number of carbonyl (C=O) groups is 2. The van der Waals surface area contributed by atoms with E-state index in [-0.39, 0.29) is 22.8 Å². The summed E-state index contributed by atoms with van der Waals surface area (Å²) in [5, 5.41) is 4.64. The van der Waals surface area contributed by atoms with Crippen molar-refractivity contribution in [1.82, 2.24) is 14.7 Å². The summed E-state index contributed by atoms with van der Waals surface area (Å²) in [5.74, 6) is -1.38. The third-order valence-corrected chi connectivity index (χ3v) is 6.64. The molecule has 0 N–H and O–H groups in total. The number of fused-ring (bicyclic) bond motifs is 1. The highest BCUT2D eigenvalue weighted by atomic mass is 32.2. The number of carbonyl (C=O) groups excluding carboxylic acids is 2. The molecular formula is C18H21N3O6S. The first-order chi connectivity index (χ1) is 13.1. The number of hydrogen-bond donors (Lipinski definition) is 0. The van der Waals surface area contributed by atoms with E-state index < -0.39 is 33.9 Å². The van der Waals surface area contributed by atoms with Crippen molar-refractivity contribution < 1.29 is 22.7 Å². The number of rotatable bonds is 4. The molecule has 150 valence electrons. The Morgan fingerprint density at radius 1 is 1.29 bits per heavy atom. The number of aromatic nitrogens is 2. The molecule has 28 heavy (non-hydrogen) atoms. The molecule has 1 aromatic carbocycles. The molecule has 2 atom stereocenters. The number of esters is 1. The molecule has 1 saturated heterocycles. The summed E-state index contributed by atoms with van der Waals surface area (Å²) in [7, 11) is -0.220. The Labute approximate surface area is 161 Å². The fraction of sp³-hybridized carbons (Fsp3) is 0.444. The van der Waals surface area contributed by atoms with Crippen LogP contribution in [0, 0.1) is 0 Å². The van der Waals surface area contributed by atoms with Crippen molar-refractivity contribution in [2.45, 2.75) is 25.5 Å². The Kier molecular flexibility index (Phi) is 5.24. The second kappa shape index (κ2) is 7.34. The molecule has 2 aromatic rings. The van der Waals surface area contributed by atoms with Gasteiger partial charge in [-0.1, -0.05) is 18.2 Å². The Hall–Kier alpha value is -2.75. The lowest BCUT2D eigenvalue weighted by Gasteiger charge is -2.26. The first-order valence-corrected chi connectivity index (χ1v) is 10.6. The van der Waals surface area contributed by atoms with Crippen molar-refractivity contribution in [2.24, 2.45) is 7.05 Å². The van der Waals surface area contributed by atoms with Gasteiger partial charge in [-0.25, -0.2) is 17.9 Å². The smallest absolute Gasteiger partial charge is 0.360 e. The first kappa shape index (κ1) is 20.0. The maximum atomic E-state index is 12.6. The largest absolute Gasteiger partial charge is 0.448 e. The van der Waals surface area contributed by atoms with Crippen molar-refractivity contribution in [1.29, 1.82) is 0 Å². The fourth-order valence-electron chi connectivity index (χ4n) is 3.26. The number of ether oxygens (including phenoxy) is 1. The Balaban J connectivity index is 1.80. The summed E-state index contributed by atoms with van der Waals surface area (Å²) >= 11 is 0. The lowest BCUT2D eigenvalue weighted by atomic mass is 10.1. The molecule has 0 radical (unpaired) electrons. The minimum Gasteiger partial charge on any atom is -0.448 e. The van der Waals surface area contributed by atoms with Crippen LogP contribution in [0.25, 0.3) is 10.8 Å². The molecule has 0 spiro atoms. The van der Waals surface area contributed by atoms with Crippen molar-refractivity contribution in [3.05, 3.63) is 40.3 Å². The number of amides is 1. The monoisotopic (exact) mass is 407 g/mol. The second-order valence-corrected chi connectivity index (χ2v) is 9.11. The standard InChI is InChI=1S/C18H21N3O6S/c1-11(16(22)20(2)12-8-9-28(25,26)10-12)27-18(24)15-13-6-4-5-7-14(13)17(23)21(3)19-15/h4-7,11-12H,8-10H2,1-3H3. The summed E-state index contributed by atoms with van der Waals surface area (Å²) in [6.45, 7) is 1.42. The molecule has 0 bridgehead atoms. The molecule has 2 unspecified atom stereocenters. The van der Waals surface area contributed by atoms with Gasteiger partial charge in [-0.2, -0.15) is 5.10 Å². The summed E-state index contributed by atoms with van der Waals surface area (Å²) in [6.07, 6.45) is -0.767. The van der Waals surface area contributed by atoms with Gasteiger partial charge in [-0.05, 0) is 19.4 Å². The van der Waals surface area contributed by atoms with E-state index >= 15 is 0 Å². The van der Waals surface area contributed by atoms with Gasteiger partial charge in [-0.3, -0.25) is 9.59 Å². The number of hydrogen-bond acceptors (Lipinski definition) is 7. The zero-order valence-corrected chi connectivity index (χ0v) is 16.6. The Morgan fingerprint density at radius 3 is 2.54 bits per heavy atom. The van der Waals surface area contributed by atoms with E-state index in [9.17, 15) is 22.8 Å². The van der Waals surface area contributed by atoms with Crippen LogP contribution in [0.5, 0.6) is 0 Å².